The van der Waals surface area contributed by atoms with Crippen LogP contribution in [0.5, 0.6) is 0 Å². The van der Waals surface area contributed by atoms with E-state index in [9.17, 15) is 0 Å². The smallest absolute Gasteiger partial charge is 0.229 e. The molecule has 0 aliphatic carbocycles. The Hall–Kier alpha value is -1.63. The van der Waals surface area contributed by atoms with Gasteiger partial charge in [-0.1, -0.05) is 19.0 Å². The molecular formula is C14H19N5OS. The van der Waals surface area contributed by atoms with Crippen LogP contribution < -0.4 is 4.90 Å². The van der Waals surface area contributed by atoms with E-state index in [2.05, 4.69) is 38.9 Å². The van der Waals surface area contributed by atoms with Gasteiger partial charge < -0.3 is 9.42 Å². The molecule has 1 atom stereocenters. The molecule has 0 radical (unpaired) electrons. The number of anilines is 1. The van der Waals surface area contributed by atoms with E-state index in [1.807, 2.05) is 12.5 Å². The van der Waals surface area contributed by atoms with Crippen LogP contribution in [0.25, 0.3) is 0 Å². The second-order valence-electron chi connectivity index (χ2n) is 5.42. The van der Waals surface area contributed by atoms with Crippen LogP contribution >= 0.6 is 11.8 Å². The van der Waals surface area contributed by atoms with Gasteiger partial charge in [-0.3, -0.25) is 4.98 Å². The van der Waals surface area contributed by atoms with Crippen molar-refractivity contribution in [3.05, 3.63) is 24.1 Å². The SMILES string of the molecule is CSc1cncc(N2CCCC2c2noc(C(C)C)n2)n1. The molecule has 6 nitrogen and oxygen atoms in total. The predicted molar refractivity (Wildman–Crippen MR) is 81.5 cm³/mol. The van der Waals surface area contributed by atoms with E-state index in [4.69, 9.17) is 4.52 Å². The third-order valence-corrected chi connectivity index (χ3v) is 4.22. The van der Waals surface area contributed by atoms with E-state index in [0.29, 0.717) is 5.89 Å². The van der Waals surface area contributed by atoms with Crippen LogP contribution in [0.15, 0.2) is 21.9 Å². The van der Waals surface area contributed by atoms with Crippen molar-refractivity contribution >= 4 is 17.6 Å². The Morgan fingerprint density at radius 3 is 2.90 bits per heavy atom. The molecule has 0 saturated carbocycles. The van der Waals surface area contributed by atoms with Gasteiger partial charge in [0.1, 0.15) is 10.8 Å². The molecule has 0 N–H and O–H groups in total. The molecule has 112 valence electrons. The fraction of sp³-hybridized carbons (Fsp3) is 0.571. The summed E-state index contributed by atoms with van der Waals surface area (Å²) in [5.74, 6) is 2.59. The number of rotatable bonds is 4. The standard InChI is InChI=1S/C14H19N5OS/c1-9(2)14-17-13(18-20-14)10-5-4-6-19(10)11-7-15-8-12(16-11)21-3/h7-10H,4-6H2,1-3H3. The monoisotopic (exact) mass is 305 g/mol. The highest BCUT2D eigenvalue weighted by Crippen LogP contribution is 2.34. The van der Waals surface area contributed by atoms with Gasteiger partial charge in [0, 0.05) is 12.5 Å². The summed E-state index contributed by atoms with van der Waals surface area (Å²) in [6.07, 6.45) is 7.71. The molecule has 3 rings (SSSR count). The van der Waals surface area contributed by atoms with Crippen LogP contribution in [0.4, 0.5) is 5.82 Å². The van der Waals surface area contributed by atoms with Crippen LogP contribution in [0.2, 0.25) is 0 Å². The Balaban J connectivity index is 1.87. The minimum atomic E-state index is 0.132. The minimum Gasteiger partial charge on any atom is -0.345 e. The summed E-state index contributed by atoms with van der Waals surface area (Å²) in [6, 6.07) is 0.132. The van der Waals surface area contributed by atoms with E-state index in [1.165, 1.54) is 0 Å². The first-order valence-electron chi connectivity index (χ1n) is 7.15. The van der Waals surface area contributed by atoms with Crippen molar-refractivity contribution in [2.45, 2.75) is 43.7 Å². The largest absolute Gasteiger partial charge is 0.345 e. The zero-order valence-electron chi connectivity index (χ0n) is 12.5. The van der Waals surface area contributed by atoms with Gasteiger partial charge >= 0.3 is 0 Å². The summed E-state index contributed by atoms with van der Waals surface area (Å²) in [7, 11) is 0. The highest BCUT2D eigenvalue weighted by molar-refractivity contribution is 7.98. The van der Waals surface area contributed by atoms with Gasteiger partial charge in [0.05, 0.1) is 18.4 Å². The molecular weight excluding hydrogens is 286 g/mol. The first kappa shape index (κ1) is 14.3. The average molecular weight is 305 g/mol. The van der Waals surface area contributed by atoms with Gasteiger partial charge in [-0.05, 0) is 19.1 Å². The van der Waals surface area contributed by atoms with Gasteiger partial charge in [-0.25, -0.2) is 4.98 Å². The molecule has 1 aliphatic rings. The summed E-state index contributed by atoms with van der Waals surface area (Å²) in [6.45, 7) is 5.05. The quantitative estimate of drug-likeness (QED) is 0.804. The molecule has 0 amide bonds. The molecule has 1 unspecified atom stereocenters. The average Bonchev–Trinajstić information content (AvgIpc) is 3.15. The van der Waals surface area contributed by atoms with Gasteiger partial charge in [0.15, 0.2) is 5.82 Å². The molecule has 1 saturated heterocycles. The summed E-state index contributed by atoms with van der Waals surface area (Å²) in [4.78, 5) is 15.7. The maximum absolute atomic E-state index is 5.34. The summed E-state index contributed by atoms with van der Waals surface area (Å²) in [5.41, 5.74) is 0. The maximum Gasteiger partial charge on any atom is 0.229 e. The number of thioether (sulfide) groups is 1. The van der Waals surface area contributed by atoms with E-state index in [-0.39, 0.29) is 12.0 Å². The fourth-order valence-electron chi connectivity index (χ4n) is 2.50. The number of hydrogen-bond acceptors (Lipinski definition) is 7. The Morgan fingerprint density at radius 2 is 2.19 bits per heavy atom. The number of nitrogens with zero attached hydrogens (tertiary/aromatic N) is 5. The van der Waals surface area contributed by atoms with E-state index in [0.717, 1.165) is 36.1 Å². The zero-order valence-corrected chi connectivity index (χ0v) is 13.3. The van der Waals surface area contributed by atoms with Crippen LogP contribution in [0, 0.1) is 0 Å². The van der Waals surface area contributed by atoms with E-state index in [1.54, 1.807) is 18.0 Å². The fourth-order valence-corrected chi connectivity index (χ4v) is 2.85. The van der Waals surface area contributed by atoms with Crippen LogP contribution in [-0.4, -0.2) is 32.9 Å². The summed E-state index contributed by atoms with van der Waals surface area (Å²) in [5, 5.41) is 5.08. The number of aromatic nitrogens is 4. The maximum atomic E-state index is 5.34. The first-order chi connectivity index (χ1) is 10.2. The van der Waals surface area contributed by atoms with Gasteiger partial charge in [-0.2, -0.15) is 4.98 Å². The lowest BCUT2D eigenvalue weighted by molar-refractivity contribution is 0.358. The van der Waals surface area contributed by atoms with Crippen LogP contribution in [0.3, 0.4) is 0 Å². The predicted octanol–water partition coefficient (Wildman–Crippen LogP) is 3.05. The van der Waals surface area contributed by atoms with Crippen LogP contribution in [-0.2, 0) is 0 Å². The van der Waals surface area contributed by atoms with Crippen LogP contribution in [0.1, 0.15) is 50.4 Å². The lowest BCUT2D eigenvalue weighted by Crippen LogP contribution is -2.24. The second-order valence-corrected chi connectivity index (χ2v) is 6.24. The second kappa shape index (κ2) is 6.01. The summed E-state index contributed by atoms with van der Waals surface area (Å²) >= 11 is 1.60. The molecule has 1 aliphatic heterocycles. The molecule has 7 heteroatoms. The van der Waals surface area contributed by atoms with Crippen molar-refractivity contribution in [2.24, 2.45) is 0 Å². The molecule has 2 aromatic heterocycles. The normalized spacial score (nSPS) is 18.7. The first-order valence-corrected chi connectivity index (χ1v) is 8.37. The topological polar surface area (TPSA) is 67.9 Å². The van der Waals surface area contributed by atoms with E-state index < -0.39 is 0 Å². The van der Waals surface area contributed by atoms with Crippen molar-refractivity contribution in [3.8, 4) is 0 Å². The molecule has 2 aromatic rings. The molecule has 3 heterocycles. The molecule has 21 heavy (non-hydrogen) atoms. The van der Waals surface area contributed by atoms with Crippen molar-refractivity contribution in [1.82, 2.24) is 20.1 Å². The number of hydrogen-bond donors (Lipinski definition) is 0. The Kier molecular flexibility index (Phi) is 4.10. The Labute approximate surface area is 128 Å². The third-order valence-electron chi connectivity index (χ3n) is 3.61. The van der Waals surface area contributed by atoms with Crippen molar-refractivity contribution in [3.63, 3.8) is 0 Å². The Bertz CT molecular complexity index is 615. The van der Waals surface area contributed by atoms with Crippen molar-refractivity contribution < 1.29 is 4.52 Å². The van der Waals surface area contributed by atoms with Gasteiger partial charge in [0.25, 0.3) is 0 Å². The zero-order chi connectivity index (χ0) is 14.8. The molecule has 0 spiro atoms. The van der Waals surface area contributed by atoms with E-state index >= 15 is 0 Å². The van der Waals surface area contributed by atoms with Gasteiger partial charge in [0.2, 0.25) is 5.89 Å². The third kappa shape index (κ3) is 2.88. The van der Waals surface area contributed by atoms with Crippen molar-refractivity contribution in [2.75, 3.05) is 17.7 Å². The Morgan fingerprint density at radius 1 is 1.33 bits per heavy atom. The van der Waals surface area contributed by atoms with Crippen molar-refractivity contribution in [1.29, 1.82) is 0 Å². The van der Waals surface area contributed by atoms with Gasteiger partial charge in [-0.15, -0.1) is 11.8 Å². The molecule has 1 fully saturated rings. The summed E-state index contributed by atoms with van der Waals surface area (Å²) < 4.78 is 5.34. The lowest BCUT2D eigenvalue weighted by atomic mass is 10.2. The lowest BCUT2D eigenvalue weighted by Gasteiger charge is -2.23. The highest BCUT2D eigenvalue weighted by Gasteiger charge is 2.31. The minimum absolute atomic E-state index is 0.132. The molecule has 0 aromatic carbocycles. The highest BCUT2D eigenvalue weighted by atomic mass is 32.2. The molecule has 0 bridgehead atoms.